The second-order valence-corrected chi connectivity index (χ2v) is 6.25. The van der Waals surface area contributed by atoms with Gasteiger partial charge in [-0.05, 0) is 24.7 Å². The van der Waals surface area contributed by atoms with Crippen molar-refractivity contribution in [2.75, 3.05) is 7.05 Å². The van der Waals surface area contributed by atoms with E-state index in [1.807, 2.05) is 36.7 Å². The van der Waals surface area contributed by atoms with E-state index in [0.717, 1.165) is 22.2 Å². The lowest BCUT2D eigenvalue weighted by molar-refractivity contribution is 0.315. The first-order valence-corrected chi connectivity index (χ1v) is 7.76. The van der Waals surface area contributed by atoms with E-state index in [2.05, 4.69) is 9.88 Å². The maximum atomic E-state index is 11.9. The first kappa shape index (κ1) is 14.3. The lowest BCUT2D eigenvalue weighted by Crippen LogP contribution is -2.21. The first-order valence-electron chi connectivity index (χ1n) is 6.50. The molecule has 0 amide bonds. The van der Waals surface area contributed by atoms with Gasteiger partial charge in [-0.15, -0.1) is 11.3 Å². The summed E-state index contributed by atoms with van der Waals surface area (Å²) in [5, 5.41) is 2.60. The van der Waals surface area contributed by atoms with Crippen LogP contribution in [0, 0.1) is 0 Å². The minimum atomic E-state index is -0.0313. The zero-order valence-electron chi connectivity index (χ0n) is 11.5. The van der Waals surface area contributed by atoms with Gasteiger partial charge in [-0.25, -0.2) is 4.98 Å². The lowest BCUT2D eigenvalue weighted by atomic mass is 10.2. The van der Waals surface area contributed by atoms with Gasteiger partial charge < -0.3 is 0 Å². The van der Waals surface area contributed by atoms with Gasteiger partial charge in [0.1, 0.15) is 0 Å². The van der Waals surface area contributed by atoms with Crippen LogP contribution in [0.5, 0.6) is 0 Å². The Morgan fingerprint density at radius 2 is 2.05 bits per heavy atom. The van der Waals surface area contributed by atoms with Crippen molar-refractivity contribution >= 4 is 27.9 Å². The van der Waals surface area contributed by atoms with E-state index in [-0.39, 0.29) is 5.56 Å². The van der Waals surface area contributed by atoms with Gasteiger partial charge in [0.25, 0.3) is 5.56 Å². The second kappa shape index (κ2) is 5.97. The summed E-state index contributed by atoms with van der Waals surface area (Å²) < 4.78 is 1.56. The van der Waals surface area contributed by atoms with E-state index < -0.39 is 0 Å². The van der Waals surface area contributed by atoms with Crippen LogP contribution in [0.4, 0.5) is 0 Å². The van der Waals surface area contributed by atoms with Gasteiger partial charge in [-0.2, -0.15) is 0 Å². The fourth-order valence-electron chi connectivity index (χ4n) is 2.20. The molecule has 21 heavy (non-hydrogen) atoms. The van der Waals surface area contributed by atoms with Crippen molar-refractivity contribution in [2.24, 2.45) is 0 Å². The highest BCUT2D eigenvalue weighted by Crippen LogP contribution is 2.12. The highest BCUT2D eigenvalue weighted by atomic mass is 35.5. The zero-order valence-corrected chi connectivity index (χ0v) is 13.1. The fraction of sp³-hybridized carbons (Fsp3) is 0.200. The fourth-order valence-corrected chi connectivity index (χ4v) is 3.07. The molecule has 3 aromatic rings. The molecular weight excluding hydrogens is 306 g/mol. The van der Waals surface area contributed by atoms with Crippen molar-refractivity contribution in [1.29, 1.82) is 0 Å². The number of rotatable bonds is 4. The number of thiazole rings is 1. The van der Waals surface area contributed by atoms with Crippen LogP contribution in [-0.4, -0.2) is 21.3 Å². The van der Waals surface area contributed by atoms with Crippen molar-refractivity contribution in [3.63, 3.8) is 0 Å². The molecule has 0 aliphatic carbocycles. The third kappa shape index (κ3) is 3.32. The van der Waals surface area contributed by atoms with Crippen molar-refractivity contribution < 1.29 is 0 Å². The van der Waals surface area contributed by atoms with E-state index in [4.69, 9.17) is 11.6 Å². The van der Waals surface area contributed by atoms with Crippen LogP contribution in [-0.2, 0) is 13.1 Å². The number of aromatic nitrogens is 2. The summed E-state index contributed by atoms with van der Waals surface area (Å²) in [4.78, 5) is 19.3. The molecule has 108 valence electrons. The maximum absolute atomic E-state index is 11.9. The summed E-state index contributed by atoms with van der Waals surface area (Å²) in [7, 11) is 2.01. The third-order valence-electron chi connectivity index (χ3n) is 3.15. The highest BCUT2D eigenvalue weighted by Gasteiger charge is 2.07. The molecule has 0 radical (unpaired) electrons. The Kier molecular flexibility index (Phi) is 4.05. The van der Waals surface area contributed by atoms with Crippen LogP contribution in [0.25, 0.3) is 4.96 Å². The second-order valence-electron chi connectivity index (χ2n) is 4.94. The molecule has 3 rings (SSSR count). The molecule has 0 aliphatic rings. The van der Waals surface area contributed by atoms with Gasteiger partial charge in [0.15, 0.2) is 4.96 Å². The molecular formula is C15H14ClN3OS. The molecule has 0 unspecified atom stereocenters. The largest absolute Gasteiger partial charge is 0.296 e. The van der Waals surface area contributed by atoms with Crippen LogP contribution in [0.3, 0.4) is 0 Å². The normalized spacial score (nSPS) is 11.4. The molecule has 0 saturated carbocycles. The minimum Gasteiger partial charge on any atom is -0.296 e. The number of benzene rings is 1. The Morgan fingerprint density at radius 3 is 2.81 bits per heavy atom. The quantitative estimate of drug-likeness (QED) is 0.742. The van der Waals surface area contributed by atoms with Crippen molar-refractivity contribution in [3.8, 4) is 0 Å². The Hall–Kier alpha value is -1.69. The van der Waals surface area contributed by atoms with E-state index in [0.29, 0.717) is 6.54 Å². The Morgan fingerprint density at radius 1 is 1.29 bits per heavy atom. The highest BCUT2D eigenvalue weighted by molar-refractivity contribution is 7.15. The number of nitrogens with zero attached hydrogens (tertiary/aromatic N) is 3. The summed E-state index contributed by atoms with van der Waals surface area (Å²) >= 11 is 7.35. The van der Waals surface area contributed by atoms with Crippen molar-refractivity contribution in [3.05, 3.63) is 68.5 Å². The minimum absolute atomic E-state index is 0.0313. The lowest BCUT2D eigenvalue weighted by Gasteiger charge is -2.16. The summed E-state index contributed by atoms with van der Waals surface area (Å²) in [6.07, 6.45) is 1.75. The summed E-state index contributed by atoms with van der Waals surface area (Å²) in [6.45, 7) is 1.41. The van der Waals surface area contributed by atoms with E-state index in [1.54, 1.807) is 16.7 Å². The van der Waals surface area contributed by atoms with Crippen molar-refractivity contribution in [1.82, 2.24) is 14.3 Å². The van der Waals surface area contributed by atoms with Gasteiger partial charge in [-0.3, -0.25) is 14.1 Å². The molecule has 0 atom stereocenters. The third-order valence-corrected chi connectivity index (χ3v) is 4.16. The Labute approximate surface area is 131 Å². The molecule has 0 N–H and O–H groups in total. The summed E-state index contributed by atoms with van der Waals surface area (Å²) in [5.74, 6) is 0. The van der Waals surface area contributed by atoms with Gasteiger partial charge in [-0.1, -0.05) is 23.7 Å². The predicted octanol–water partition coefficient (Wildman–Crippen LogP) is 3.04. The summed E-state index contributed by atoms with van der Waals surface area (Å²) in [5.41, 5.74) is 1.94. The molecule has 1 aromatic carbocycles. The molecule has 4 nitrogen and oxygen atoms in total. The number of halogens is 1. The molecule has 2 aromatic heterocycles. The molecule has 0 fully saturated rings. The van der Waals surface area contributed by atoms with Gasteiger partial charge in [0.2, 0.25) is 0 Å². The van der Waals surface area contributed by atoms with Gasteiger partial charge >= 0.3 is 0 Å². The van der Waals surface area contributed by atoms with Crippen LogP contribution >= 0.6 is 22.9 Å². The van der Waals surface area contributed by atoms with E-state index in [1.165, 1.54) is 16.9 Å². The average Bonchev–Trinajstić information content (AvgIpc) is 2.90. The maximum Gasteiger partial charge on any atom is 0.258 e. The van der Waals surface area contributed by atoms with Crippen LogP contribution in [0.15, 0.2) is 46.7 Å². The van der Waals surface area contributed by atoms with Crippen LogP contribution in [0.2, 0.25) is 5.02 Å². The Balaban J connectivity index is 1.75. The number of fused-ring (bicyclic) bond motifs is 1. The van der Waals surface area contributed by atoms with Crippen molar-refractivity contribution in [2.45, 2.75) is 13.1 Å². The van der Waals surface area contributed by atoms with E-state index >= 15 is 0 Å². The van der Waals surface area contributed by atoms with Crippen LogP contribution < -0.4 is 5.56 Å². The Bertz CT molecular complexity index is 810. The van der Waals surface area contributed by atoms with Gasteiger partial charge in [0, 0.05) is 35.8 Å². The molecule has 0 spiro atoms. The van der Waals surface area contributed by atoms with Gasteiger partial charge in [0.05, 0.1) is 5.69 Å². The molecule has 0 saturated heterocycles. The number of hydrogen-bond donors (Lipinski definition) is 0. The predicted molar refractivity (Wildman–Crippen MR) is 86.0 cm³/mol. The van der Waals surface area contributed by atoms with Crippen LogP contribution in [0.1, 0.15) is 11.3 Å². The SMILES string of the molecule is CN(Cc1ccc(Cl)cc1)Cc1cc(=O)n2ccsc2n1. The van der Waals surface area contributed by atoms with E-state index in [9.17, 15) is 4.79 Å². The molecule has 0 bridgehead atoms. The molecule has 2 heterocycles. The molecule has 0 aliphatic heterocycles. The summed E-state index contributed by atoms with van der Waals surface area (Å²) in [6, 6.07) is 9.37. The first-order chi connectivity index (χ1) is 10.1. The molecule has 6 heteroatoms. The smallest absolute Gasteiger partial charge is 0.258 e. The topological polar surface area (TPSA) is 37.6 Å². The number of hydrogen-bond acceptors (Lipinski definition) is 4. The standard InChI is InChI=1S/C15H14ClN3OS/c1-18(9-11-2-4-12(16)5-3-11)10-13-8-14(20)19-6-7-21-15(19)17-13/h2-8H,9-10H2,1H3. The zero-order chi connectivity index (χ0) is 14.8. The monoisotopic (exact) mass is 319 g/mol. The average molecular weight is 320 g/mol.